The Labute approximate surface area is 96.0 Å². The number of thiophene rings is 1. The van der Waals surface area contributed by atoms with Crippen LogP contribution in [0.25, 0.3) is 0 Å². The zero-order valence-corrected chi connectivity index (χ0v) is 9.25. The van der Waals surface area contributed by atoms with Crippen molar-refractivity contribution in [2.45, 2.75) is 6.42 Å². The van der Waals surface area contributed by atoms with Gasteiger partial charge in [-0.25, -0.2) is 0 Å². The van der Waals surface area contributed by atoms with Crippen molar-refractivity contribution in [3.8, 4) is 0 Å². The van der Waals surface area contributed by atoms with Crippen molar-refractivity contribution < 1.29 is 14.4 Å². The second kappa shape index (κ2) is 4.44. The smallest absolute Gasteiger partial charge is 0.246 e. The summed E-state index contributed by atoms with van der Waals surface area (Å²) in [6.07, 6.45) is 0.248. The molecule has 1 saturated heterocycles. The fourth-order valence-electron chi connectivity index (χ4n) is 1.49. The number of nitrogens with zero attached hydrogens (tertiary/aromatic N) is 1. The van der Waals surface area contributed by atoms with E-state index in [-0.39, 0.29) is 25.4 Å². The second-order valence-electron chi connectivity index (χ2n) is 3.48. The van der Waals surface area contributed by atoms with Crippen LogP contribution >= 0.6 is 11.3 Å². The minimum Gasteiger partial charge on any atom is -0.324 e. The van der Waals surface area contributed by atoms with E-state index in [0.717, 1.165) is 4.88 Å². The third-order valence-corrected chi connectivity index (χ3v) is 3.08. The van der Waals surface area contributed by atoms with Crippen LogP contribution in [0.15, 0.2) is 17.5 Å². The van der Waals surface area contributed by atoms with E-state index in [9.17, 15) is 14.4 Å². The molecule has 84 valence electrons. The summed E-state index contributed by atoms with van der Waals surface area (Å²) in [7, 11) is 0. The number of carbonyl (C=O) groups is 3. The first-order chi connectivity index (χ1) is 7.65. The molecule has 16 heavy (non-hydrogen) atoms. The summed E-state index contributed by atoms with van der Waals surface area (Å²) in [5.74, 6) is -1.03. The van der Waals surface area contributed by atoms with Crippen LogP contribution in [0.2, 0.25) is 0 Å². The van der Waals surface area contributed by atoms with Crippen molar-refractivity contribution in [3.05, 3.63) is 22.4 Å². The quantitative estimate of drug-likeness (QED) is 0.724. The molecule has 0 aliphatic carbocycles. The highest BCUT2D eigenvalue weighted by molar-refractivity contribution is 7.10. The molecular formula is C10H10N2O3S. The Bertz CT molecular complexity index is 411. The molecule has 1 aliphatic rings. The lowest BCUT2D eigenvalue weighted by Crippen LogP contribution is -2.53. The number of rotatable bonds is 2. The molecule has 1 N–H and O–H groups in total. The first-order valence-electron chi connectivity index (χ1n) is 4.78. The summed E-state index contributed by atoms with van der Waals surface area (Å²) < 4.78 is 0. The van der Waals surface area contributed by atoms with Crippen LogP contribution in [-0.4, -0.2) is 35.7 Å². The molecule has 6 heteroatoms. The zero-order chi connectivity index (χ0) is 11.5. The second-order valence-corrected chi connectivity index (χ2v) is 4.51. The number of amides is 3. The Morgan fingerprint density at radius 2 is 2.06 bits per heavy atom. The van der Waals surface area contributed by atoms with Gasteiger partial charge in [-0.15, -0.1) is 11.3 Å². The minimum absolute atomic E-state index is 0.0318. The number of carbonyl (C=O) groups excluding carboxylic acids is 3. The van der Waals surface area contributed by atoms with Crippen LogP contribution in [0, 0.1) is 0 Å². The third-order valence-electron chi connectivity index (χ3n) is 2.21. The molecule has 2 heterocycles. The predicted octanol–water partition coefficient (Wildman–Crippen LogP) is -0.224. The maximum atomic E-state index is 11.8. The predicted molar refractivity (Wildman–Crippen MR) is 57.8 cm³/mol. The standard InChI is InChI=1S/C10H10N2O3S/c13-8-5-12(6-9(14)11-8)10(15)4-7-2-1-3-16-7/h1-3H,4-6H2,(H,11,13,14). The van der Waals surface area contributed by atoms with Gasteiger partial charge in [0.25, 0.3) is 0 Å². The molecule has 0 saturated carbocycles. The fraction of sp³-hybridized carbons (Fsp3) is 0.300. The van der Waals surface area contributed by atoms with Crippen LogP contribution in [0.1, 0.15) is 4.88 Å². The van der Waals surface area contributed by atoms with Gasteiger partial charge in [-0.2, -0.15) is 0 Å². The number of hydrogen-bond donors (Lipinski definition) is 1. The van der Waals surface area contributed by atoms with E-state index in [1.54, 1.807) is 0 Å². The molecule has 1 aromatic rings. The Morgan fingerprint density at radius 3 is 2.62 bits per heavy atom. The Kier molecular flexibility index (Phi) is 3.00. The van der Waals surface area contributed by atoms with E-state index in [4.69, 9.17) is 0 Å². The van der Waals surface area contributed by atoms with Crippen molar-refractivity contribution in [2.75, 3.05) is 13.1 Å². The Morgan fingerprint density at radius 1 is 1.38 bits per heavy atom. The van der Waals surface area contributed by atoms with E-state index < -0.39 is 11.8 Å². The van der Waals surface area contributed by atoms with Gasteiger partial charge in [-0.3, -0.25) is 19.7 Å². The van der Waals surface area contributed by atoms with Gasteiger partial charge < -0.3 is 4.90 Å². The summed E-state index contributed by atoms with van der Waals surface area (Å²) in [6.45, 7) is -0.0636. The topological polar surface area (TPSA) is 66.5 Å². The lowest BCUT2D eigenvalue weighted by molar-refractivity contribution is -0.145. The summed E-state index contributed by atoms with van der Waals surface area (Å²) >= 11 is 1.48. The number of nitrogens with one attached hydrogen (secondary N) is 1. The largest absolute Gasteiger partial charge is 0.324 e. The van der Waals surface area contributed by atoms with Gasteiger partial charge in [-0.1, -0.05) is 6.07 Å². The molecule has 0 bridgehead atoms. The van der Waals surface area contributed by atoms with Gasteiger partial charge in [0.2, 0.25) is 17.7 Å². The maximum Gasteiger partial charge on any atom is 0.246 e. The highest BCUT2D eigenvalue weighted by Crippen LogP contribution is 2.11. The van der Waals surface area contributed by atoms with Crippen molar-refractivity contribution in [1.29, 1.82) is 0 Å². The van der Waals surface area contributed by atoms with Gasteiger partial charge in [-0.05, 0) is 11.4 Å². The molecule has 0 aromatic carbocycles. The normalized spacial score (nSPS) is 16.1. The van der Waals surface area contributed by atoms with Gasteiger partial charge in [0.05, 0.1) is 6.42 Å². The lowest BCUT2D eigenvalue weighted by atomic mass is 10.2. The lowest BCUT2D eigenvalue weighted by Gasteiger charge is -2.25. The first kappa shape index (κ1) is 10.8. The molecule has 2 rings (SSSR count). The van der Waals surface area contributed by atoms with Gasteiger partial charge in [0.15, 0.2) is 0 Å². The van der Waals surface area contributed by atoms with Crippen LogP contribution in [0.5, 0.6) is 0 Å². The molecule has 0 spiro atoms. The molecule has 0 radical (unpaired) electrons. The molecule has 3 amide bonds. The van der Waals surface area contributed by atoms with Crippen LogP contribution in [0.3, 0.4) is 0 Å². The first-order valence-corrected chi connectivity index (χ1v) is 5.66. The van der Waals surface area contributed by atoms with Crippen LogP contribution in [-0.2, 0) is 20.8 Å². The Hall–Kier alpha value is -1.69. The highest BCUT2D eigenvalue weighted by Gasteiger charge is 2.26. The molecule has 1 fully saturated rings. The molecule has 1 aromatic heterocycles. The van der Waals surface area contributed by atoms with Gasteiger partial charge in [0.1, 0.15) is 13.1 Å². The Balaban J connectivity index is 1.99. The van der Waals surface area contributed by atoms with Crippen molar-refractivity contribution in [3.63, 3.8) is 0 Å². The van der Waals surface area contributed by atoms with Gasteiger partial charge in [0, 0.05) is 4.88 Å². The SMILES string of the molecule is O=C1CN(C(=O)Cc2cccs2)CC(=O)N1. The molecule has 0 unspecified atom stereocenters. The zero-order valence-electron chi connectivity index (χ0n) is 8.43. The van der Waals surface area contributed by atoms with Crippen molar-refractivity contribution in [2.24, 2.45) is 0 Å². The average molecular weight is 238 g/mol. The minimum atomic E-state index is -0.421. The summed E-state index contributed by atoms with van der Waals surface area (Å²) in [4.78, 5) is 36.1. The summed E-state index contributed by atoms with van der Waals surface area (Å²) in [6, 6.07) is 3.72. The monoisotopic (exact) mass is 238 g/mol. The van der Waals surface area contributed by atoms with Crippen LogP contribution < -0.4 is 5.32 Å². The third kappa shape index (κ3) is 2.46. The molecule has 5 nitrogen and oxygen atoms in total. The van der Waals surface area contributed by atoms with E-state index in [1.807, 2.05) is 17.5 Å². The van der Waals surface area contributed by atoms with Crippen molar-refractivity contribution in [1.82, 2.24) is 10.2 Å². The molecule has 1 aliphatic heterocycles. The average Bonchev–Trinajstić information content (AvgIpc) is 2.68. The molecule has 0 atom stereocenters. The number of imide groups is 1. The van der Waals surface area contributed by atoms with E-state index >= 15 is 0 Å². The number of piperazine rings is 1. The van der Waals surface area contributed by atoms with E-state index in [0.29, 0.717) is 0 Å². The number of hydrogen-bond acceptors (Lipinski definition) is 4. The van der Waals surface area contributed by atoms with Crippen LogP contribution in [0.4, 0.5) is 0 Å². The van der Waals surface area contributed by atoms with Gasteiger partial charge >= 0.3 is 0 Å². The van der Waals surface area contributed by atoms with E-state index in [1.165, 1.54) is 16.2 Å². The van der Waals surface area contributed by atoms with Crippen molar-refractivity contribution >= 4 is 29.1 Å². The fourth-order valence-corrected chi connectivity index (χ4v) is 2.18. The highest BCUT2D eigenvalue weighted by atomic mass is 32.1. The molecular weight excluding hydrogens is 228 g/mol. The summed E-state index contributed by atoms with van der Waals surface area (Å²) in [5, 5.41) is 4.04. The maximum absolute atomic E-state index is 11.8. The summed E-state index contributed by atoms with van der Waals surface area (Å²) in [5.41, 5.74) is 0. The van der Waals surface area contributed by atoms with E-state index in [2.05, 4.69) is 5.32 Å².